The summed E-state index contributed by atoms with van der Waals surface area (Å²) in [4.78, 5) is 12.4. The van der Waals surface area contributed by atoms with Crippen LogP contribution in [0.2, 0.25) is 0 Å². The number of Topliss-reactive ketones (excluding diaryl/α,β-unsaturated/α-hetero) is 1. The van der Waals surface area contributed by atoms with E-state index in [1.807, 2.05) is 84.0 Å². The van der Waals surface area contributed by atoms with E-state index in [0.29, 0.717) is 11.3 Å². The number of ether oxygens (including phenoxy) is 1. The molecule has 0 aliphatic carbocycles. The minimum atomic E-state index is -0.402. The van der Waals surface area contributed by atoms with Gasteiger partial charge in [0.2, 0.25) is 0 Å². The first-order valence-electron chi connectivity index (χ1n) is 9.28. The SMILES string of the molecule is Cc1ccc(C(=O)COc2ccc(B3OC(C)(C)C(C)(C)O3)cc2)c(C)c1. The number of rotatable bonds is 5. The Balaban J connectivity index is 1.62. The van der Waals surface area contributed by atoms with E-state index < -0.39 is 7.12 Å². The molecule has 1 saturated heterocycles. The summed E-state index contributed by atoms with van der Waals surface area (Å²) < 4.78 is 17.8. The Morgan fingerprint density at radius 3 is 2.11 bits per heavy atom. The summed E-state index contributed by atoms with van der Waals surface area (Å²) >= 11 is 0. The summed E-state index contributed by atoms with van der Waals surface area (Å²) in [6, 6.07) is 13.3. The van der Waals surface area contributed by atoms with Gasteiger partial charge in [-0.1, -0.05) is 35.9 Å². The highest BCUT2D eigenvalue weighted by Crippen LogP contribution is 2.36. The molecule has 0 unspecified atom stereocenters. The van der Waals surface area contributed by atoms with Crippen molar-refractivity contribution >= 4 is 18.4 Å². The summed E-state index contributed by atoms with van der Waals surface area (Å²) in [5.74, 6) is 0.621. The van der Waals surface area contributed by atoms with Crippen LogP contribution in [0.3, 0.4) is 0 Å². The maximum Gasteiger partial charge on any atom is 0.494 e. The molecule has 1 fully saturated rings. The Bertz CT molecular complexity index is 824. The van der Waals surface area contributed by atoms with Crippen molar-refractivity contribution in [3.05, 3.63) is 59.2 Å². The van der Waals surface area contributed by atoms with Crippen molar-refractivity contribution in [2.24, 2.45) is 0 Å². The topological polar surface area (TPSA) is 44.8 Å². The van der Waals surface area contributed by atoms with Gasteiger partial charge in [0.25, 0.3) is 0 Å². The van der Waals surface area contributed by atoms with Gasteiger partial charge in [-0.15, -0.1) is 0 Å². The molecule has 3 rings (SSSR count). The van der Waals surface area contributed by atoms with Crippen molar-refractivity contribution in [2.75, 3.05) is 6.61 Å². The minimum absolute atomic E-state index is 0.0136. The number of carbonyl (C=O) groups excluding carboxylic acids is 1. The highest BCUT2D eigenvalue weighted by molar-refractivity contribution is 6.62. The summed E-state index contributed by atoms with van der Waals surface area (Å²) in [6.45, 7) is 12.1. The number of benzene rings is 2. The first kappa shape index (κ1) is 19.7. The van der Waals surface area contributed by atoms with Crippen molar-refractivity contribution in [2.45, 2.75) is 52.7 Å². The fourth-order valence-electron chi connectivity index (χ4n) is 3.05. The molecule has 0 saturated carbocycles. The first-order valence-corrected chi connectivity index (χ1v) is 9.28. The first-order chi connectivity index (χ1) is 12.6. The van der Waals surface area contributed by atoms with Gasteiger partial charge >= 0.3 is 7.12 Å². The van der Waals surface area contributed by atoms with E-state index in [9.17, 15) is 4.79 Å². The van der Waals surface area contributed by atoms with Crippen molar-refractivity contribution in [1.82, 2.24) is 0 Å². The zero-order chi connectivity index (χ0) is 19.8. The van der Waals surface area contributed by atoms with Gasteiger partial charge in [0.15, 0.2) is 12.4 Å². The molecule has 27 heavy (non-hydrogen) atoms. The fraction of sp³-hybridized carbons (Fsp3) is 0.409. The summed E-state index contributed by atoms with van der Waals surface area (Å²) in [6.07, 6.45) is 0. The molecule has 1 aliphatic rings. The lowest BCUT2D eigenvalue weighted by Gasteiger charge is -2.32. The maximum absolute atomic E-state index is 12.4. The van der Waals surface area contributed by atoms with E-state index in [1.165, 1.54) is 0 Å². The van der Waals surface area contributed by atoms with Crippen LogP contribution in [-0.2, 0) is 9.31 Å². The molecule has 0 aromatic heterocycles. The van der Waals surface area contributed by atoms with Crippen LogP contribution in [0, 0.1) is 13.8 Å². The van der Waals surface area contributed by atoms with E-state index >= 15 is 0 Å². The lowest BCUT2D eigenvalue weighted by atomic mass is 9.79. The summed E-state index contributed by atoms with van der Waals surface area (Å²) in [5.41, 5.74) is 3.01. The number of carbonyl (C=O) groups is 1. The normalized spacial score (nSPS) is 17.8. The Kier molecular flexibility index (Phi) is 5.19. The van der Waals surface area contributed by atoms with Crippen molar-refractivity contribution in [3.8, 4) is 5.75 Å². The van der Waals surface area contributed by atoms with Crippen LogP contribution in [-0.4, -0.2) is 30.7 Å². The Morgan fingerprint density at radius 2 is 1.56 bits per heavy atom. The average Bonchev–Trinajstić information content (AvgIpc) is 2.81. The van der Waals surface area contributed by atoms with Gasteiger partial charge in [-0.2, -0.15) is 0 Å². The van der Waals surface area contributed by atoms with Gasteiger partial charge in [-0.25, -0.2) is 0 Å². The molecule has 2 aromatic carbocycles. The third-order valence-electron chi connectivity index (χ3n) is 5.46. The largest absolute Gasteiger partial charge is 0.494 e. The summed E-state index contributed by atoms with van der Waals surface area (Å²) in [5, 5.41) is 0. The van der Waals surface area contributed by atoms with E-state index in [4.69, 9.17) is 14.0 Å². The van der Waals surface area contributed by atoms with Crippen LogP contribution >= 0.6 is 0 Å². The molecule has 4 nitrogen and oxygen atoms in total. The third-order valence-corrected chi connectivity index (χ3v) is 5.46. The van der Waals surface area contributed by atoms with Gasteiger partial charge in [0.05, 0.1) is 11.2 Å². The molecule has 0 radical (unpaired) electrons. The van der Waals surface area contributed by atoms with Gasteiger partial charge in [0.1, 0.15) is 5.75 Å². The smallest absolute Gasteiger partial charge is 0.485 e. The lowest BCUT2D eigenvalue weighted by Crippen LogP contribution is -2.41. The predicted molar refractivity (Wildman–Crippen MR) is 108 cm³/mol. The van der Waals surface area contributed by atoms with Gasteiger partial charge < -0.3 is 14.0 Å². The second-order valence-corrected chi connectivity index (χ2v) is 8.19. The molecule has 1 aliphatic heterocycles. The highest BCUT2D eigenvalue weighted by atomic mass is 16.7. The maximum atomic E-state index is 12.4. The molecule has 2 aromatic rings. The van der Waals surface area contributed by atoms with Crippen LogP contribution in [0.5, 0.6) is 5.75 Å². The number of ketones is 1. The Labute approximate surface area is 162 Å². The van der Waals surface area contributed by atoms with Crippen LogP contribution in [0.15, 0.2) is 42.5 Å². The molecule has 0 N–H and O–H groups in total. The molecule has 0 atom stereocenters. The standard InChI is InChI=1S/C22H27BO4/c1-15-7-12-19(16(2)13-15)20(24)14-25-18-10-8-17(9-11-18)23-26-21(3,4)22(5,6)27-23/h7-13H,14H2,1-6H3. The van der Waals surface area contributed by atoms with Gasteiger partial charge in [-0.3, -0.25) is 4.79 Å². The molecular weight excluding hydrogens is 339 g/mol. The fourth-order valence-corrected chi connectivity index (χ4v) is 3.05. The van der Waals surface area contributed by atoms with Crippen molar-refractivity contribution < 1.29 is 18.8 Å². The van der Waals surface area contributed by atoms with Crippen LogP contribution in [0.4, 0.5) is 0 Å². The highest BCUT2D eigenvalue weighted by Gasteiger charge is 2.51. The molecule has 5 heteroatoms. The van der Waals surface area contributed by atoms with Gasteiger partial charge in [0, 0.05) is 5.56 Å². The Morgan fingerprint density at radius 1 is 0.963 bits per heavy atom. The van der Waals surface area contributed by atoms with Crippen LogP contribution in [0.1, 0.15) is 49.2 Å². The predicted octanol–water partition coefficient (Wildman–Crippen LogP) is 3.86. The van der Waals surface area contributed by atoms with Gasteiger partial charge in [-0.05, 0) is 64.7 Å². The van der Waals surface area contributed by atoms with Crippen molar-refractivity contribution in [1.29, 1.82) is 0 Å². The quantitative estimate of drug-likeness (QED) is 0.595. The molecule has 0 spiro atoms. The third kappa shape index (κ3) is 4.09. The molecule has 0 bridgehead atoms. The molecular formula is C22H27BO4. The zero-order valence-corrected chi connectivity index (χ0v) is 17.0. The number of aryl methyl sites for hydroxylation is 2. The minimum Gasteiger partial charge on any atom is -0.485 e. The van der Waals surface area contributed by atoms with E-state index in [0.717, 1.165) is 16.6 Å². The molecule has 0 amide bonds. The molecule has 1 heterocycles. The van der Waals surface area contributed by atoms with Crippen LogP contribution in [0.25, 0.3) is 0 Å². The van der Waals surface area contributed by atoms with E-state index in [-0.39, 0.29) is 23.6 Å². The average molecular weight is 366 g/mol. The van der Waals surface area contributed by atoms with E-state index in [1.54, 1.807) is 0 Å². The lowest BCUT2D eigenvalue weighted by molar-refractivity contribution is 0.00578. The monoisotopic (exact) mass is 366 g/mol. The Hall–Kier alpha value is -2.11. The van der Waals surface area contributed by atoms with E-state index in [2.05, 4.69) is 0 Å². The zero-order valence-electron chi connectivity index (χ0n) is 17.0. The molecule has 142 valence electrons. The number of hydrogen-bond acceptors (Lipinski definition) is 4. The second kappa shape index (κ2) is 7.14. The summed E-state index contributed by atoms with van der Waals surface area (Å²) in [7, 11) is -0.402. The van der Waals surface area contributed by atoms with Crippen molar-refractivity contribution in [3.63, 3.8) is 0 Å². The second-order valence-electron chi connectivity index (χ2n) is 8.19. The van der Waals surface area contributed by atoms with Crippen LogP contribution < -0.4 is 10.2 Å². The number of hydrogen-bond donors (Lipinski definition) is 0.